The van der Waals surface area contributed by atoms with Crippen molar-refractivity contribution in [2.75, 3.05) is 18.5 Å². The Bertz CT molecular complexity index is 1050. The Morgan fingerprint density at radius 3 is 2.68 bits per heavy atom. The topological polar surface area (TPSA) is 73.3 Å². The number of benzene rings is 2. The summed E-state index contributed by atoms with van der Waals surface area (Å²) in [4.78, 5) is 12.3. The Hall–Kier alpha value is -2.61. The number of hydrogen-bond acceptors (Lipinski definition) is 6. The van der Waals surface area contributed by atoms with Gasteiger partial charge in [0.1, 0.15) is 13.2 Å². The second kappa shape index (κ2) is 8.18. The van der Waals surface area contributed by atoms with Crippen LogP contribution in [0.1, 0.15) is 20.4 Å². The Kier molecular flexibility index (Phi) is 5.47. The predicted molar refractivity (Wildman–Crippen MR) is 110 cm³/mol. The summed E-state index contributed by atoms with van der Waals surface area (Å²) in [5.74, 6) is 0.744. The van der Waals surface area contributed by atoms with Gasteiger partial charge >= 0.3 is 0 Å². The molecule has 1 aliphatic rings. The van der Waals surface area contributed by atoms with Crippen LogP contribution in [0.2, 0.25) is 5.02 Å². The van der Waals surface area contributed by atoms with Gasteiger partial charge in [-0.05, 0) is 35.9 Å². The molecule has 1 aliphatic heterocycles. The Morgan fingerprint density at radius 1 is 1.11 bits per heavy atom. The lowest BCUT2D eigenvalue weighted by molar-refractivity contribution is 0.102. The minimum atomic E-state index is -0.346. The molecule has 9 heteroatoms. The van der Waals surface area contributed by atoms with Crippen molar-refractivity contribution in [1.29, 1.82) is 0 Å². The third-order valence-electron chi connectivity index (χ3n) is 3.77. The number of nitrogens with zero attached hydrogens (tertiary/aromatic N) is 2. The van der Waals surface area contributed by atoms with Crippen LogP contribution < -0.4 is 14.8 Å². The van der Waals surface area contributed by atoms with Crippen molar-refractivity contribution in [2.45, 2.75) is 0 Å². The number of fused-ring (bicyclic) bond motifs is 1. The van der Waals surface area contributed by atoms with Crippen molar-refractivity contribution in [3.63, 3.8) is 0 Å². The van der Waals surface area contributed by atoms with Gasteiger partial charge in [-0.25, -0.2) is 0 Å². The van der Waals surface area contributed by atoms with Gasteiger partial charge < -0.3 is 14.8 Å². The van der Waals surface area contributed by atoms with Crippen LogP contribution in [0.4, 0.5) is 5.69 Å². The molecule has 0 fully saturated rings. The van der Waals surface area contributed by atoms with Gasteiger partial charge in [0.2, 0.25) is 5.01 Å². The van der Waals surface area contributed by atoms with Crippen molar-refractivity contribution >= 4 is 57.2 Å². The highest BCUT2D eigenvalue weighted by atomic mass is 35.5. The van der Waals surface area contributed by atoms with E-state index < -0.39 is 0 Å². The van der Waals surface area contributed by atoms with E-state index in [0.717, 1.165) is 16.9 Å². The van der Waals surface area contributed by atoms with Crippen molar-refractivity contribution < 1.29 is 14.3 Å². The molecule has 0 aliphatic carbocycles. The second-order valence-corrected chi connectivity index (χ2v) is 7.54. The summed E-state index contributed by atoms with van der Waals surface area (Å²) in [6.07, 6.45) is 1.69. The average molecular weight is 434 g/mol. The highest BCUT2D eigenvalue weighted by molar-refractivity contribution is 7.15. The number of hydrogen-bond donors (Lipinski definition) is 1. The number of halogens is 2. The van der Waals surface area contributed by atoms with Gasteiger partial charge in [-0.15, -0.1) is 10.2 Å². The second-order valence-electron chi connectivity index (χ2n) is 5.75. The molecular weight excluding hydrogens is 421 g/mol. The first-order valence-electron chi connectivity index (χ1n) is 8.27. The number of ether oxygens (including phenoxy) is 2. The Balaban J connectivity index is 1.53. The number of rotatable bonds is 4. The number of aromatic nitrogens is 2. The molecule has 0 unspecified atom stereocenters. The van der Waals surface area contributed by atoms with Gasteiger partial charge in [0.25, 0.3) is 5.91 Å². The largest absolute Gasteiger partial charge is 0.486 e. The number of nitrogens with one attached hydrogen (secondary N) is 1. The molecular formula is C19H13Cl2N3O3S. The van der Waals surface area contributed by atoms with Crippen molar-refractivity contribution in [2.24, 2.45) is 0 Å². The molecule has 1 N–H and O–H groups in total. The average Bonchev–Trinajstić information content (AvgIpc) is 3.19. The van der Waals surface area contributed by atoms with Crippen LogP contribution in [-0.2, 0) is 0 Å². The summed E-state index contributed by atoms with van der Waals surface area (Å²) in [5, 5.41) is 12.1. The van der Waals surface area contributed by atoms with Gasteiger partial charge in [0.05, 0.1) is 10.1 Å². The van der Waals surface area contributed by atoms with Crippen molar-refractivity contribution in [3.8, 4) is 11.5 Å². The molecule has 0 saturated heterocycles. The molecule has 2 heterocycles. The van der Waals surface area contributed by atoms with E-state index in [1.807, 2.05) is 18.2 Å². The SMILES string of the molecule is O=C(Nc1ccccc1)c1nnc(/C(Cl)=C/c2cc(Cl)c3c(c2)OCCO3)s1. The maximum absolute atomic E-state index is 12.3. The molecule has 1 amide bonds. The van der Waals surface area contributed by atoms with Gasteiger partial charge in [-0.3, -0.25) is 4.79 Å². The first-order valence-corrected chi connectivity index (χ1v) is 9.84. The molecule has 28 heavy (non-hydrogen) atoms. The van der Waals surface area contributed by atoms with Gasteiger partial charge in [-0.2, -0.15) is 0 Å². The predicted octanol–water partition coefficient (Wildman–Crippen LogP) is 4.95. The zero-order valence-corrected chi connectivity index (χ0v) is 16.6. The van der Waals surface area contributed by atoms with E-state index in [1.54, 1.807) is 30.3 Å². The summed E-state index contributed by atoms with van der Waals surface area (Å²) in [5.41, 5.74) is 1.40. The molecule has 142 valence electrons. The monoisotopic (exact) mass is 433 g/mol. The molecule has 0 radical (unpaired) electrons. The zero-order chi connectivity index (χ0) is 19.5. The van der Waals surface area contributed by atoms with Crippen molar-refractivity contribution in [3.05, 3.63) is 63.1 Å². The number of carbonyl (C=O) groups is 1. The maximum Gasteiger partial charge on any atom is 0.286 e. The van der Waals surface area contributed by atoms with Gasteiger partial charge in [-0.1, -0.05) is 52.7 Å². The van der Waals surface area contributed by atoms with Crippen LogP contribution in [0.5, 0.6) is 11.5 Å². The molecule has 0 saturated carbocycles. The standard InChI is InChI=1S/C19H13Cl2N3O3S/c20-13-8-11(10-15-16(13)27-7-6-26-15)9-14(21)18-23-24-19(28-18)17(25)22-12-4-2-1-3-5-12/h1-5,8-10H,6-7H2,(H,22,25)/b14-9-. The lowest BCUT2D eigenvalue weighted by atomic mass is 10.2. The van der Waals surface area contributed by atoms with Gasteiger partial charge in [0, 0.05) is 5.69 Å². The highest BCUT2D eigenvalue weighted by Crippen LogP contribution is 2.39. The summed E-state index contributed by atoms with van der Waals surface area (Å²) < 4.78 is 11.1. The van der Waals surface area contributed by atoms with E-state index >= 15 is 0 Å². The van der Waals surface area contributed by atoms with Crippen molar-refractivity contribution in [1.82, 2.24) is 10.2 Å². The van der Waals surface area contributed by atoms with E-state index in [4.69, 9.17) is 32.7 Å². The molecule has 3 aromatic rings. The first-order chi connectivity index (χ1) is 13.6. The summed E-state index contributed by atoms with van der Waals surface area (Å²) in [6.45, 7) is 0.918. The molecule has 4 rings (SSSR count). The molecule has 0 bridgehead atoms. The molecule has 6 nitrogen and oxygen atoms in total. The molecule has 0 atom stereocenters. The quantitative estimate of drug-likeness (QED) is 0.629. The number of para-hydroxylation sites is 1. The fourth-order valence-corrected chi connectivity index (χ4v) is 3.74. The van der Waals surface area contributed by atoms with Crippen LogP contribution in [0.3, 0.4) is 0 Å². The highest BCUT2D eigenvalue weighted by Gasteiger charge is 2.18. The maximum atomic E-state index is 12.3. The minimum absolute atomic E-state index is 0.214. The third-order valence-corrected chi connectivity index (χ3v) is 5.40. The Labute approximate surface area is 174 Å². The van der Waals surface area contributed by atoms with Crippen LogP contribution >= 0.6 is 34.5 Å². The van der Waals surface area contributed by atoms with Crippen LogP contribution in [0.15, 0.2) is 42.5 Å². The summed E-state index contributed by atoms with van der Waals surface area (Å²) >= 11 is 13.7. The molecule has 2 aromatic carbocycles. The van der Waals surface area contributed by atoms with Crippen LogP contribution in [-0.4, -0.2) is 29.3 Å². The smallest absolute Gasteiger partial charge is 0.286 e. The fraction of sp³-hybridized carbons (Fsp3) is 0.105. The number of amides is 1. The van der Waals surface area contributed by atoms with E-state index in [-0.39, 0.29) is 10.9 Å². The third kappa shape index (κ3) is 4.11. The molecule has 1 aromatic heterocycles. The van der Waals surface area contributed by atoms with E-state index in [0.29, 0.717) is 45.5 Å². The summed E-state index contributed by atoms with van der Waals surface area (Å²) in [6, 6.07) is 12.6. The minimum Gasteiger partial charge on any atom is -0.486 e. The van der Waals surface area contributed by atoms with E-state index in [2.05, 4.69) is 15.5 Å². The van der Waals surface area contributed by atoms with Gasteiger partial charge in [0.15, 0.2) is 16.5 Å². The van der Waals surface area contributed by atoms with E-state index in [9.17, 15) is 4.79 Å². The fourth-order valence-electron chi connectivity index (χ4n) is 2.54. The van der Waals surface area contributed by atoms with Crippen LogP contribution in [0.25, 0.3) is 11.1 Å². The zero-order valence-electron chi connectivity index (χ0n) is 14.3. The number of anilines is 1. The summed E-state index contributed by atoms with van der Waals surface area (Å²) in [7, 11) is 0. The van der Waals surface area contributed by atoms with E-state index in [1.165, 1.54) is 0 Å². The number of carbonyl (C=O) groups excluding carboxylic acids is 1. The lowest BCUT2D eigenvalue weighted by Gasteiger charge is -2.19. The van der Waals surface area contributed by atoms with Crippen LogP contribution in [0, 0.1) is 0 Å². The normalized spacial score (nSPS) is 13.3. The lowest BCUT2D eigenvalue weighted by Crippen LogP contribution is -2.15. The Morgan fingerprint density at radius 2 is 1.86 bits per heavy atom. The first kappa shape index (κ1) is 18.7. The molecule has 0 spiro atoms.